The summed E-state index contributed by atoms with van der Waals surface area (Å²) in [6.45, 7) is 7.76. The Morgan fingerprint density at radius 3 is 2.21 bits per heavy atom. The van der Waals surface area contributed by atoms with Gasteiger partial charge in [-0.1, -0.05) is 14.4 Å². The zero-order valence-electron chi connectivity index (χ0n) is 15.9. The third kappa shape index (κ3) is 6.57. The fraction of sp³-hybridized carbons (Fsp3) is 0.381. The number of carbonyl (C=O) groups is 2. The molecule has 1 aromatic heterocycles. The molecule has 2 aromatic rings. The van der Waals surface area contributed by atoms with Gasteiger partial charge in [0.05, 0.1) is 17.8 Å². The molecule has 7 nitrogen and oxygen atoms in total. The Hall–Kier alpha value is -3.09. The summed E-state index contributed by atoms with van der Waals surface area (Å²) < 4.78 is 11.5. The molecule has 1 aromatic carbocycles. The van der Waals surface area contributed by atoms with Gasteiger partial charge in [0.2, 0.25) is 0 Å². The number of rotatable bonds is 8. The van der Waals surface area contributed by atoms with Crippen molar-refractivity contribution < 1.29 is 24.2 Å². The summed E-state index contributed by atoms with van der Waals surface area (Å²) in [5, 5.41) is 11.6. The predicted molar refractivity (Wildman–Crippen MR) is 108 cm³/mol. The second kappa shape index (κ2) is 10.3. The summed E-state index contributed by atoms with van der Waals surface area (Å²) in [6, 6.07) is 7.83. The van der Waals surface area contributed by atoms with Gasteiger partial charge >= 0.3 is 5.97 Å². The zero-order valence-corrected chi connectivity index (χ0v) is 15.9. The van der Waals surface area contributed by atoms with Gasteiger partial charge in [-0.15, -0.1) is 0 Å². The van der Waals surface area contributed by atoms with Crippen molar-refractivity contribution in [2.24, 2.45) is 0 Å². The minimum atomic E-state index is -1.08. The van der Waals surface area contributed by atoms with Gasteiger partial charge in [-0.3, -0.25) is 4.79 Å². The topological polar surface area (TPSA) is 97.8 Å². The second-order valence-corrected chi connectivity index (χ2v) is 6.39. The molecule has 0 bridgehead atoms. The number of nitrogens with one attached hydrogen (secondary N) is 1. The van der Waals surface area contributed by atoms with Gasteiger partial charge in [0.15, 0.2) is 0 Å². The molecule has 0 aliphatic carbocycles. The van der Waals surface area contributed by atoms with E-state index in [1.807, 2.05) is 27.7 Å². The van der Waals surface area contributed by atoms with Crippen molar-refractivity contribution in [2.45, 2.75) is 53.8 Å². The molecule has 0 aliphatic rings. The lowest BCUT2D eigenvalue weighted by molar-refractivity contribution is 0.0696. The van der Waals surface area contributed by atoms with E-state index in [2.05, 4.69) is 10.3 Å². The molecule has 0 saturated heterocycles. The van der Waals surface area contributed by atoms with Crippen molar-refractivity contribution in [3.63, 3.8) is 0 Å². The van der Waals surface area contributed by atoms with Crippen LogP contribution in [0, 0.1) is 0 Å². The van der Waals surface area contributed by atoms with Crippen LogP contribution in [0.5, 0.6) is 11.5 Å². The molecule has 2 rings (SSSR count). The molecular weight excluding hydrogens is 360 g/mol. The highest BCUT2D eigenvalue weighted by atomic mass is 16.5. The van der Waals surface area contributed by atoms with E-state index in [1.165, 1.54) is 18.3 Å². The number of aromatic nitrogens is 1. The number of carboxylic acids is 1. The lowest BCUT2D eigenvalue weighted by Crippen LogP contribution is -2.15. The van der Waals surface area contributed by atoms with Crippen LogP contribution >= 0.6 is 0 Å². The van der Waals surface area contributed by atoms with Crippen LogP contribution in [0.15, 0.2) is 36.5 Å². The molecule has 0 unspecified atom stereocenters. The highest BCUT2D eigenvalue weighted by molar-refractivity contribution is 6.04. The van der Waals surface area contributed by atoms with E-state index in [9.17, 15) is 9.59 Å². The molecule has 1 amide bonds. The van der Waals surface area contributed by atoms with Crippen molar-refractivity contribution >= 4 is 17.7 Å². The molecule has 1 atom stereocenters. The highest BCUT2D eigenvalue weighted by Gasteiger charge is 2.14. The number of carboxylic acid groups (broad SMARTS) is 1. The number of ether oxygens (including phenoxy) is 2. The quantitative estimate of drug-likeness (QED) is 0.684. The number of hydrogen-bond donors (Lipinski definition) is 2. The number of anilines is 1. The van der Waals surface area contributed by atoms with E-state index in [4.69, 9.17) is 14.6 Å². The molecule has 0 fully saturated rings. The lowest BCUT2D eigenvalue weighted by Gasteiger charge is -2.17. The summed E-state index contributed by atoms with van der Waals surface area (Å²) in [7, 11) is 0. The first kappa shape index (κ1) is 23.0. The van der Waals surface area contributed by atoms with E-state index in [1.54, 1.807) is 18.2 Å². The molecule has 0 aliphatic heterocycles. The number of benzene rings is 1. The molecule has 2 N–H and O–H groups in total. The molecule has 1 heterocycles. The van der Waals surface area contributed by atoms with E-state index in [-0.39, 0.29) is 31.0 Å². The number of hydrogen-bond acceptors (Lipinski definition) is 5. The summed E-state index contributed by atoms with van der Waals surface area (Å²) in [6.07, 6.45) is 1.97. The number of carbonyl (C=O) groups excluding carboxylic acids is 1. The summed E-state index contributed by atoms with van der Waals surface area (Å²) in [5.41, 5.74) is 0.403. The third-order valence-corrected chi connectivity index (χ3v) is 3.68. The first-order valence-electron chi connectivity index (χ1n) is 8.77. The fourth-order valence-corrected chi connectivity index (χ4v) is 2.21. The smallest absolute Gasteiger partial charge is 0.337 e. The largest absolute Gasteiger partial charge is 0.491 e. The Morgan fingerprint density at radius 1 is 1.07 bits per heavy atom. The molecule has 0 saturated carbocycles. The minimum absolute atomic E-state index is 0. The van der Waals surface area contributed by atoms with Crippen LogP contribution in [0.3, 0.4) is 0 Å². The highest BCUT2D eigenvalue weighted by Crippen LogP contribution is 2.26. The molecule has 0 radical (unpaired) electrons. The summed E-state index contributed by atoms with van der Waals surface area (Å²) in [4.78, 5) is 27.4. The Balaban J connectivity index is 0.00000392. The molecule has 152 valence electrons. The predicted octanol–water partition coefficient (Wildman–Crippen LogP) is 4.63. The molecule has 7 heteroatoms. The van der Waals surface area contributed by atoms with Crippen molar-refractivity contribution in [1.29, 1.82) is 0 Å². The van der Waals surface area contributed by atoms with Crippen LogP contribution < -0.4 is 14.8 Å². The maximum atomic E-state index is 12.6. The Labute approximate surface area is 165 Å². The maximum Gasteiger partial charge on any atom is 0.337 e. The number of nitrogens with zero attached hydrogens (tertiary/aromatic N) is 1. The van der Waals surface area contributed by atoms with Crippen molar-refractivity contribution in [3.05, 3.63) is 47.7 Å². The summed E-state index contributed by atoms with van der Waals surface area (Å²) >= 11 is 0. The average Bonchev–Trinajstić information content (AvgIpc) is 2.61. The maximum absolute atomic E-state index is 12.6. The van der Waals surface area contributed by atoms with Crippen LogP contribution in [0.1, 0.15) is 62.3 Å². The average molecular weight is 388 g/mol. The molecular formula is C21H28N2O5. The first-order chi connectivity index (χ1) is 12.8. The Kier molecular flexibility index (Phi) is 8.44. The first-order valence-corrected chi connectivity index (χ1v) is 8.77. The van der Waals surface area contributed by atoms with Gasteiger partial charge in [0.25, 0.3) is 5.91 Å². The Bertz CT molecular complexity index is 803. The van der Waals surface area contributed by atoms with Gasteiger partial charge in [0, 0.05) is 17.8 Å². The van der Waals surface area contributed by atoms with Crippen LogP contribution in [0.4, 0.5) is 5.82 Å². The third-order valence-electron chi connectivity index (χ3n) is 3.68. The van der Waals surface area contributed by atoms with Crippen molar-refractivity contribution in [1.82, 2.24) is 4.98 Å². The van der Waals surface area contributed by atoms with E-state index >= 15 is 0 Å². The van der Waals surface area contributed by atoms with Crippen molar-refractivity contribution in [3.8, 4) is 11.5 Å². The van der Waals surface area contributed by atoms with Crippen LogP contribution in [0.25, 0.3) is 0 Å². The zero-order chi connectivity index (χ0) is 20.0. The normalized spacial score (nSPS) is 11.3. The monoisotopic (exact) mass is 388 g/mol. The van der Waals surface area contributed by atoms with Crippen LogP contribution in [0.2, 0.25) is 0 Å². The fourth-order valence-electron chi connectivity index (χ4n) is 2.21. The summed E-state index contributed by atoms with van der Waals surface area (Å²) in [5.74, 6) is -0.143. The van der Waals surface area contributed by atoms with Gasteiger partial charge in [0.1, 0.15) is 17.3 Å². The van der Waals surface area contributed by atoms with Crippen molar-refractivity contribution in [2.75, 3.05) is 5.32 Å². The number of aromatic carboxylic acids is 1. The SMILES string of the molecule is C.CC[C@@H](C)Oc1cc(OC(C)C)cc(C(=O)Nc2ccc(C(=O)O)cn2)c1. The minimum Gasteiger partial charge on any atom is -0.491 e. The van der Waals surface area contributed by atoms with Gasteiger partial charge in [-0.2, -0.15) is 0 Å². The van der Waals surface area contributed by atoms with E-state index < -0.39 is 11.9 Å². The Morgan fingerprint density at radius 2 is 1.71 bits per heavy atom. The van der Waals surface area contributed by atoms with Crippen LogP contribution in [-0.4, -0.2) is 34.2 Å². The standard InChI is InChI=1S/C20H24N2O5.CH4/c1-5-13(4)27-17-9-15(8-16(10-17)26-12(2)3)19(23)22-18-7-6-14(11-21-18)20(24)25;/h6-13H,5H2,1-4H3,(H,24,25)(H,21,22,23);1H4/t13-;/m1./s1. The second-order valence-electron chi connectivity index (χ2n) is 6.39. The number of amides is 1. The molecule has 0 spiro atoms. The van der Waals surface area contributed by atoms with Gasteiger partial charge < -0.3 is 19.9 Å². The van der Waals surface area contributed by atoms with Gasteiger partial charge in [-0.25, -0.2) is 9.78 Å². The van der Waals surface area contributed by atoms with E-state index in [0.29, 0.717) is 17.1 Å². The number of pyridine rings is 1. The van der Waals surface area contributed by atoms with Gasteiger partial charge in [-0.05, 0) is 51.5 Å². The van der Waals surface area contributed by atoms with E-state index in [0.717, 1.165) is 6.42 Å². The lowest BCUT2D eigenvalue weighted by atomic mass is 10.1. The molecule has 28 heavy (non-hydrogen) atoms. The van der Waals surface area contributed by atoms with Crippen LogP contribution in [-0.2, 0) is 0 Å².